The molecule has 2 aliphatic carbocycles. The number of nitrogens with two attached hydrogens (primary N) is 1. The quantitative estimate of drug-likeness (QED) is 0.797. The van der Waals surface area contributed by atoms with Crippen molar-refractivity contribution in [1.82, 2.24) is 20.0 Å². The van der Waals surface area contributed by atoms with Gasteiger partial charge in [0.15, 0.2) is 5.78 Å². The van der Waals surface area contributed by atoms with Gasteiger partial charge < -0.3 is 10.2 Å². The molecule has 7 nitrogen and oxygen atoms in total. The fourth-order valence-electron chi connectivity index (χ4n) is 4.83. The molecule has 4 rings (SSSR count). The first kappa shape index (κ1) is 16.1. The molecule has 3 atom stereocenters. The van der Waals surface area contributed by atoms with Gasteiger partial charge in [-0.3, -0.25) is 9.48 Å². The maximum atomic E-state index is 12.6. The van der Waals surface area contributed by atoms with Crippen molar-refractivity contribution >= 4 is 5.78 Å². The van der Waals surface area contributed by atoms with E-state index in [1.807, 2.05) is 18.7 Å². The van der Waals surface area contributed by atoms with Gasteiger partial charge in [0.2, 0.25) is 5.89 Å². The summed E-state index contributed by atoms with van der Waals surface area (Å²) in [6.45, 7) is 6.01. The molecule has 0 spiro atoms. The molecule has 0 saturated heterocycles. The van der Waals surface area contributed by atoms with Crippen LogP contribution in [0.1, 0.15) is 43.8 Å². The van der Waals surface area contributed by atoms with Crippen LogP contribution in [0, 0.1) is 18.8 Å². The van der Waals surface area contributed by atoms with E-state index >= 15 is 0 Å². The Morgan fingerprint density at radius 3 is 2.80 bits per heavy atom. The molecule has 0 amide bonds. The summed E-state index contributed by atoms with van der Waals surface area (Å²) < 4.78 is 7.49. The molecule has 0 unspecified atom stereocenters. The normalized spacial score (nSPS) is 30.4. The number of carbonyl (C=O) groups excluding carboxylic acids is 1. The van der Waals surface area contributed by atoms with Crippen molar-refractivity contribution in [3.05, 3.63) is 28.9 Å². The molecule has 2 aromatic heterocycles. The number of ketones is 1. The minimum Gasteiger partial charge on any atom is -0.420 e. The molecule has 2 aliphatic rings. The van der Waals surface area contributed by atoms with E-state index in [4.69, 9.17) is 15.2 Å². The zero-order chi connectivity index (χ0) is 17.9. The van der Waals surface area contributed by atoms with Crippen LogP contribution in [-0.2, 0) is 23.7 Å². The van der Waals surface area contributed by atoms with Crippen LogP contribution in [0.3, 0.4) is 0 Å². The first-order valence-electron chi connectivity index (χ1n) is 8.68. The lowest BCUT2D eigenvalue weighted by Gasteiger charge is -2.47. The molecule has 1 saturated carbocycles. The van der Waals surface area contributed by atoms with E-state index in [-0.39, 0.29) is 23.0 Å². The number of Topliss-reactive ketones (excluding diaryl/α,β-unsaturated/α-hetero) is 1. The van der Waals surface area contributed by atoms with E-state index in [1.165, 1.54) is 6.20 Å². The van der Waals surface area contributed by atoms with Crippen LogP contribution in [0.5, 0.6) is 0 Å². The number of aromatic nitrogens is 4. The number of rotatable bonds is 1. The van der Waals surface area contributed by atoms with E-state index in [2.05, 4.69) is 17.1 Å². The predicted molar refractivity (Wildman–Crippen MR) is 91.5 cm³/mol. The Labute approximate surface area is 146 Å². The van der Waals surface area contributed by atoms with Crippen LogP contribution in [0.4, 0.5) is 0 Å². The minimum absolute atomic E-state index is 0.0437. The summed E-state index contributed by atoms with van der Waals surface area (Å²) in [6.07, 6.45) is 3.91. The number of carbonyl (C=O) groups is 1. The van der Waals surface area contributed by atoms with Gasteiger partial charge in [0.1, 0.15) is 5.69 Å². The van der Waals surface area contributed by atoms with Crippen molar-refractivity contribution in [2.75, 3.05) is 0 Å². The van der Waals surface area contributed by atoms with Gasteiger partial charge in [0.05, 0.1) is 5.69 Å². The third kappa shape index (κ3) is 2.11. The van der Waals surface area contributed by atoms with Crippen LogP contribution in [0.2, 0.25) is 0 Å². The van der Waals surface area contributed by atoms with Crippen molar-refractivity contribution in [2.24, 2.45) is 24.6 Å². The molecule has 2 aromatic rings. The molecular formula is C18H23N5O2. The number of hydrogen-bond acceptors (Lipinski definition) is 6. The third-order valence-electron chi connectivity index (χ3n) is 6.03. The van der Waals surface area contributed by atoms with Gasteiger partial charge >= 0.3 is 0 Å². The summed E-state index contributed by atoms with van der Waals surface area (Å²) in [4.78, 5) is 12.6. The Morgan fingerprint density at radius 2 is 2.16 bits per heavy atom. The summed E-state index contributed by atoms with van der Waals surface area (Å²) in [7, 11) is 1.91. The highest BCUT2D eigenvalue weighted by Gasteiger charge is 2.52. The standard InChI is InChI=1S/C18H23N5O2/c1-9-13-6-5-12-14(17-21-20-10(2)25-17)23(4)22-16(12)18(13,3)7-11(8-19)15(9)24/h8-9,13H,5-7,19H2,1-4H3/t9-,13-,18-/m0/s1. The van der Waals surface area contributed by atoms with Gasteiger partial charge in [0.25, 0.3) is 5.89 Å². The molecule has 0 aromatic carbocycles. The van der Waals surface area contributed by atoms with E-state index in [0.29, 0.717) is 23.8 Å². The van der Waals surface area contributed by atoms with Gasteiger partial charge in [-0.25, -0.2) is 0 Å². The predicted octanol–water partition coefficient (Wildman–Crippen LogP) is 2.05. The highest BCUT2D eigenvalue weighted by molar-refractivity contribution is 5.98. The Kier molecular flexibility index (Phi) is 3.39. The maximum Gasteiger partial charge on any atom is 0.266 e. The van der Waals surface area contributed by atoms with E-state index in [9.17, 15) is 4.79 Å². The first-order chi connectivity index (χ1) is 11.9. The number of hydrogen-bond donors (Lipinski definition) is 1. The summed E-state index contributed by atoms with van der Waals surface area (Å²) >= 11 is 0. The number of nitrogens with zero attached hydrogens (tertiary/aromatic N) is 4. The molecule has 7 heteroatoms. The van der Waals surface area contributed by atoms with Crippen LogP contribution in [-0.4, -0.2) is 25.8 Å². The summed E-state index contributed by atoms with van der Waals surface area (Å²) in [6, 6.07) is 0. The monoisotopic (exact) mass is 341 g/mol. The van der Waals surface area contributed by atoms with E-state index in [0.717, 1.165) is 29.8 Å². The molecule has 25 heavy (non-hydrogen) atoms. The van der Waals surface area contributed by atoms with Crippen molar-refractivity contribution in [1.29, 1.82) is 0 Å². The molecule has 0 radical (unpaired) electrons. The Bertz CT molecular complexity index is 893. The lowest BCUT2D eigenvalue weighted by molar-refractivity contribution is -0.123. The minimum atomic E-state index is -0.211. The summed E-state index contributed by atoms with van der Waals surface area (Å²) in [5.41, 5.74) is 9.32. The largest absolute Gasteiger partial charge is 0.420 e. The van der Waals surface area contributed by atoms with Crippen molar-refractivity contribution in [2.45, 2.75) is 45.4 Å². The Hall–Kier alpha value is -2.44. The van der Waals surface area contributed by atoms with E-state index < -0.39 is 0 Å². The third-order valence-corrected chi connectivity index (χ3v) is 6.03. The van der Waals surface area contributed by atoms with Crippen molar-refractivity contribution in [3.63, 3.8) is 0 Å². The van der Waals surface area contributed by atoms with Crippen LogP contribution in [0.25, 0.3) is 11.6 Å². The number of fused-ring (bicyclic) bond motifs is 3. The van der Waals surface area contributed by atoms with Gasteiger partial charge in [0, 0.05) is 42.6 Å². The SMILES string of the molecule is Cc1nnc(-c2c3c(nn2C)[C@@]2(C)CC(=CN)C(=O)[C@@H](C)[C@@H]2CC3)o1. The second-order valence-corrected chi connectivity index (χ2v) is 7.51. The lowest BCUT2D eigenvalue weighted by atomic mass is 9.55. The fraction of sp³-hybridized carbons (Fsp3) is 0.556. The van der Waals surface area contributed by atoms with Crippen LogP contribution >= 0.6 is 0 Å². The fourth-order valence-corrected chi connectivity index (χ4v) is 4.83. The molecule has 2 N–H and O–H groups in total. The zero-order valence-corrected chi connectivity index (χ0v) is 15.0. The molecular weight excluding hydrogens is 318 g/mol. The van der Waals surface area contributed by atoms with Gasteiger partial charge in [-0.2, -0.15) is 5.10 Å². The Morgan fingerprint density at radius 1 is 1.40 bits per heavy atom. The molecule has 1 fully saturated rings. The van der Waals surface area contributed by atoms with Crippen LogP contribution in [0.15, 0.2) is 16.2 Å². The molecule has 0 aliphatic heterocycles. The molecule has 132 valence electrons. The van der Waals surface area contributed by atoms with Crippen molar-refractivity contribution < 1.29 is 9.21 Å². The van der Waals surface area contributed by atoms with Gasteiger partial charge in [-0.05, 0) is 25.2 Å². The molecule has 2 heterocycles. The summed E-state index contributed by atoms with van der Waals surface area (Å²) in [5.74, 6) is 1.44. The number of aryl methyl sites for hydroxylation is 2. The second kappa shape index (κ2) is 5.28. The van der Waals surface area contributed by atoms with Crippen molar-refractivity contribution in [3.8, 4) is 11.6 Å². The maximum absolute atomic E-state index is 12.6. The zero-order valence-electron chi connectivity index (χ0n) is 15.0. The number of allylic oxidation sites excluding steroid dienone is 1. The lowest BCUT2D eigenvalue weighted by Crippen LogP contribution is -2.48. The smallest absolute Gasteiger partial charge is 0.266 e. The van der Waals surface area contributed by atoms with Gasteiger partial charge in [-0.15, -0.1) is 10.2 Å². The average Bonchev–Trinajstić information content (AvgIpc) is 3.14. The highest BCUT2D eigenvalue weighted by Crippen LogP contribution is 2.53. The van der Waals surface area contributed by atoms with Gasteiger partial charge in [-0.1, -0.05) is 13.8 Å². The molecule has 0 bridgehead atoms. The summed E-state index contributed by atoms with van der Waals surface area (Å²) in [5, 5.41) is 13.0. The highest BCUT2D eigenvalue weighted by atomic mass is 16.4. The topological polar surface area (TPSA) is 99.8 Å². The second-order valence-electron chi connectivity index (χ2n) is 7.51. The first-order valence-corrected chi connectivity index (χ1v) is 8.68. The average molecular weight is 341 g/mol. The van der Waals surface area contributed by atoms with Crippen LogP contribution < -0.4 is 5.73 Å². The Balaban J connectivity index is 1.88. The van der Waals surface area contributed by atoms with E-state index in [1.54, 1.807) is 6.92 Å².